The van der Waals surface area contributed by atoms with E-state index in [4.69, 9.17) is 9.47 Å². The fraction of sp³-hybridized carbons (Fsp3) is 0.459. The summed E-state index contributed by atoms with van der Waals surface area (Å²) in [5.74, 6) is -2.38. The third-order valence-corrected chi connectivity index (χ3v) is 12.5. The lowest BCUT2D eigenvalue weighted by Crippen LogP contribution is -2.70. The highest BCUT2D eigenvalue weighted by Crippen LogP contribution is 2.71. The number of nitriles is 1. The van der Waals surface area contributed by atoms with Gasteiger partial charge in [-0.3, -0.25) is 4.79 Å². The number of nitrogens with zero attached hydrogens (tertiary/aromatic N) is 1. The minimum absolute atomic E-state index is 0.0486. The van der Waals surface area contributed by atoms with Gasteiger partial charge in [-0.15, -0.1) is 11.8 Å². The summed E-state index contributed by atoms with van der Waals surface area (Å²) in [6, 6.07) is 15.5. The highest BCUT2D eigenvalue weighted by molar-refractivity contribution is 7.98. The SMILES string of the molecule is CC1CC2C3CCC(OC(=O)c4ccc(CSc5ccc(O)cc5)cc4)(C(=O)OCC#N)C3(C)CC(O)C2(F)C2(C)C=CC(=O)C=C12. The number of hydrogen-bond acceptors (Lipinski definition) is 9. The molecule has 10 heteroatoms. The summed E-state index contributed by atoms with van der Waals surface area (Å²) < 4.78 is 29.2. The molecule has 0 heterocycles. The topological polar surface area (TPSA) is 134 Å². The van der Waals surface area contributed by atoms with Crippen LogP contribution in [0.1, 0.15) is 62.4 Å². The minimum atomic E-state index is -2.13. The van der Waals surface area contributed by atoms with Gasteiger partial charge in [-0.1, -0.05) is 37.6 Å². The average molecular weight is 660 g/mol. The molecule has 8 atom stereocenters. The number of ether oxygens (including phenoxy) is 2. The van der Waals surface area contributed by atoms with Crippen molar-refractivity contribution in [2.24, 2.45) is 28.6 Å². The van der Waals surface area contributed by atoms with E-state index in [9.17, 15) is 29.9 Å². The maximum atomic E-state index is 17.7. The monoisotopic (exact) mass is 659 g/mol. The Hall–Kier alpha value is -3.94. The molecule has 0 radical (unpaired) electrons. The minimum Gasteiger partial charge on any atom is -0.508 e. The van der Waals surface area contributed by atoms with Crippen LogP contribution in [-0.4, -0.2) is 51.9 Å². The smallest absolute Gasteiger partial charge is 0.352 e. The van der Waals surface area contributed by atoms with Crippen molar-refractivity contribution in [2.45, 2.75) is 74.5 Å². The van der Waals surface area contributed by atoms with Gasteiger partial charge in [-0.25, -0.2) is 14.0 Å². The number of allylic oxidation sites excluding steroid dienone is 4. The molecule has 47 heavy (non-hydrogen) atoms. The Kier molecular flexibility index (Phi) is 8.38. The standard InChI is InChI=1S/C37H38FNO7S/c1-22-18-30-28-13-15-36(33(44)45-17-16-39,35(28,3)20-31(42)37(30,38)34(2)14-12-26(41)19-29(22)34)46-32(43)24-6-4-23(5-7-24)21-47-27-10-8-25(40)9-11-27/h4-12,14,19,22,28,30-31,40,42H,13,15,17-18,20-21H2,1-3H3. The maximum absolute atomic E-state index is 17.7. The van der Waals surface area contributed by atoms with Crippen LogP contribution in [0.5, 0.6) is 5.75 Å². The second-order valence-electron chi connectivity index (χ2n) is 13.8. The molecule has 0 aromatic heterocycles. The van der Waals surface area contributed by atoms with Crippen LogP contribution < -0.4 is 0 Å². The zero-order chi connectivity index (χ0) is 33.8. The van der Waals surface area contributed by atoms with Crippen LogP contribution in [0.15, 0.2) is 77.2 Å². The molecule has 4 aliphatic rings. The van der Waals surface area contributed by atoms with Gasteiger partial charge >= 0.3 is 11.9 Å². The molecule has 8 nitrogen and oxygen atoms in total. The lowest BCUT2D eigenvalue weighted by atomic mass is 9.43. The Labute approximate surface area is 277 Å². The molecule has 2 aromatic carbocycles. The molecule has 3 fully saturated rings. The number of phenolic OH excluding ortho intramolecular Hbond substituents is 1. The first-order valence-electron chi connectivity index (χ1n) is 15.9. The van der Waals surface area contributed by atoms with Gasteiger partial charge in [0.2, 0.25) is 5.60 Å². The van der Waals surface area contributed by atoms with Gasteiger partial charge in [-0.2, -0.15) is 5.26 Å². The van der Waals surface area contributed by atoms with E-state index >= 15 is 4.39 Å². The Morgan fingerprint density at radius 3 is 2.49 bits per heavy atom. The van der Waals surface area contributed by atoms with Gasteiger partial charge in [0.15, 0.2) is 18.1 Å². The largest absolute Gasteiger partial charge is 0.508 e. The van der Waals surface area contributed by atoms with Crippen molar-refractivity contribution in [3.05, 3.63) is 83.5 Å². The number of carbonyl (C=O) groups is 3. The second-order valence-corrected chi connectivity index (χ2v) is 14.8. The van der Waals surface area contributed by atoms with Crippen LogP contribution in [0.25, 0.3) is 0 Å². The number of aliphatic hydroxyl groups excluding tert-OH is 1. The van der Waals surface area contributed by atoms with Crippen LogP contribution >= 0.6 is 11.8 Å². The zero-order valence-electron chi connectivity index (χ0n) is 26.6. The zero-order valence-corrected chi connectivity index (χ0v) is 27.4. The number of hydrogen-bond donors (Lipinski definition) is 2. The molecule has 0 amide bonds. The fourth-order valence-corrected chi connectivity index (χ4v) is 9.86. The van der Waals surface area contributed by atoms with Gasteiger partial charge in [0.05, 0.1) is 11.7 Å². The first kappa shape index (κ1) is 33.0. The number of ketones is 1. The molecular weight excluding hydrogens is 621 g/mol. The van der Waals surface area contributed by atoms with E-state index in [2.05, 4.69) is 0 Å². The number of benzene rings is 2. The van der Waals surface area contributed by atoms with E-state index in [1.807, 2.05) is 19.1 Å². The summed E-state index contributed by atoms with van der Waals surface area (Å²) in [4.78, 5) is 40.9. The second kappa shape index (κ2) is 11.9. The summed E-state index contributed by atoms with van der Waals surface area (Å²) in [5, 5.41) is 30.5. The lowest BCUT2D eigenvalue weighted by molar-refractivity contribution is -0.227. The highest BCUT2D eigenvalue weighted by Gasteiger charge is 2.76. The van der Waals surface area contributed by atoms with Gasteiger partial charge in [0.1, 0.15) is 11.8 Å². The molecule has 0 aliphatic heterocycles. The summed E-state index contributed by atoms with van der Waals surface area (Å²) in [6.45, 7) is 4.89. The number of carbonyl (C=O) groups excluding carboxylic acids is 3. The van der Waals surface area contributed by atoms with Crippen LogP contribution in [-0.2, 0) is 24.8 Å². The van der Waals surface area contributed by atoms with Crippen molar-refractivity contribution in [3.63, 3.8) is 0 Å². The third kappa shape index (κ3) is 5.10. The van der Waals surface area contributed by atoms with Gasteiger partial charge in [0.25, 0.3) is 0 Å². The van der Waals surface area contributed by atoms with Crippen LogP contribution in [0, 0.1) is 39.9 Å². The maximum Gasteiger partial charge on any atom is 0.352 e. The highest BCUT2D eigenvalue weighted by atomic mass is 32.2. The molecule has 8 unspecified atom stereocenters. The number of halogens is 1. The summed E-state index contributed by atoms with van der Waals surface area (Å²) in [5.41, 5.74) is -4.62. The number of fused-ring (bicyclic) bond motifs is 5. The summed E-state index contributed by atoms with van der Waals surface area (Å²) in [6.07, 6.45) is 3.42. The molecule has 6 rings (SSSR count). The lowest BCUT2D eigenvalue weighted by Gasteiger charge is -2.63. The Morgan fingerprint density at radius 2 is 1.81 bits per heavy atom. The molecular formula is C37H38FNO7S. The van der Waals surface area contributed by atoms with Crippen LogP contribution in [0.2, 0.25) is 0 Å². The number of thioether (sulfide) groups is 1. The third-order valence-electron chi connectivity index (χ3n) is 11.4. The van der Waals surface area contributed by atoms with Crippen molar-refractivity contribution in [1.82, 2.24) is 0 Å². The first-order valence-corrected chi connectivity index (χ1v) is 16.9. The number of aromatic hydroxyl groups is 1. The number of rotatable bonds is 7. The van der Waals surface area contributed by atoms with Crippen molar-refractivity contribution < 1.29 is 38.5 Å². The van der Waals surface area contributed by atoms with E-state index in [1.54, 1.807) is 74.2 Å². The number of alkyl halides is 1. The molecule has 2 aromatic rings. The predicted octanol–water partition coefficient (Wildman–Crippen LogP) is 6.26. The van der Waals surface area contributed by atoms with Gasteiger partial charge in [0, 0.05) is 27.4 Å². The molecule has 4 aliphatic carbocycles. The van der Waals surface area contributed by atoms with E-state index in [0.717, 1.165) is 10.5 Å². The van der Waals surface area contributed by atoms with Crippen molar-refractivity contribution in [2.75, 3.05) is 6.61 Å². The molecule has 0 saturated heterocycles. The molecule has 0 spiro atoms. The fourth-order valence-electron chi connectivity index (χ4n) is 9.01. The van der Waals surface area contributed by atoms with Crippen LogP contribution in [0.4, 0.5) is 4.39 Å². The average Bonchev–Trinajstić information content (AvgIpc) is 3.34. The Balaban J connectivity index is 1.29. The molecule has 246 valence electrons. The Morgan fingerprint density at radius 1 is 1.11 bits per heavy atom. The Bertz CT molecular complexity index is 1700. The van der Waals surface area contributed by atoms with E-state index in [1.165, 1.54) is 12.2 Å². The molecule has 2 N–H and O–H groups in total. The number of aliphatic hydroxyl groups is 1. The summed E-state index contributed by atoms with van der Waals surface area (Å²) in [7, 11) is 0. The van der Waals surface area contributed by atoms with Crippen molar-refractivity contribution in [1.29, 1.82) is 5.26 Å². The molecule has 3 saturated carbocycles. The predicted molar refractivity (Wildman–Crippen MR) is 172 cm³/mol. The van der Waals surface area contributed by atoms with E-state index in [-0.39, 0.29) is 35.9 Å². The molecule has 0 bridgehead atoms. The first-order chi connectivity index (χ1) is 22.3. The van der Waals surface area contributed by atoms with E-state index in [0.29, 0.717) is 24.2 Å². The number of esters is 2. The van der Waals surface area contributed by atoms with E-state index < -0.39 is 58.6 Å². The number of phenols is 1. The summed E-state index contributed by atoms with van der Waals surface area (Å²) >= 11 is 1.57. The van der Waals surface area contributed by atoms with Crippen molar-refractivity contribution in [3.8, 4) is 11.8 Å². The van der Waals surface area contributed by atoms with Gasteiger partial charge < -0.3 is 19.7 Å². The van der Waals surface area contributed by atoms with Crippen LogP contribution in [0.3, 0.4) is 0 Å². The van der Waals surface area contributed by atoms with Gasteiger partial charge in [-0.05, 0) is 98.6 Å². The normalized spacial score (nSPS) is 35.5. The van der Waals surface area contributed by atoms with Crippen molar-refractivity contribution >= 4 is 29.5 Å². The quantitative estimate of drug-likeness (QED) is 0.261.